The lowest BCUT2D eigenvalue weighted by Gasteiger charge is -2.06. The number of carbonyl (C=O) groups is 2. The molecule has 0 saturated carbocycles. The first-order valence-corrected chi connectivity index (χ1v) is 7.89. The van der Waals surface area contributed by atoms with Gasteiger partial charge in [0.25, 0.3) is 5.91 Å². The predicted octanol–water partition coefficient (Wildman–Crippen LogP) is 4.01. The summed E-state index contributed by atoms with van der Waals surface area (Å²) < 4.78 is 5.99. The number of amides is 1. The van der Waals surface area contributed by atoms with E-state index in [0.717, 1.165) is 4.47 Å². The molecule has 1 amide bonds. The fraction of sp³-hybridized carbons (Fsp3) is 0.0556. The molecule has 1 aromatic heterocycles. The number of anilines is 1. The second kappa shape index (κ2) is 6.41. The standard InChI is InChI=1S/C18H12BrNO4/c1-10(21)11-2-5-14(6-3-11)20-17(22)15-9-12-8-13(19)4-7-16(12)24-18(15)23/h2-9H,1H3,(H,20,22). The van der Waals surface area contributed by atoms with Gasteiger partial charge in [-0.1, -0.05) is 15.9 Å². The van der Waals surface area contributed by atoms with Gasteiger partial charge in [-0.2, -0.15) is 0 Å². The van der Waals surface area contributed by atoms with Crippen molar-refractivity contribution in [3.63, 3.8) is 0 Å². The Hall–Kier alpha value is -2.73. The molecule has 24 heavy (non-hydrogen) atoms. The van der Waals surface area contributed by atoms with Crippen molar-refractivity contribution in [2.45, 2.75) is 6.92 Å². The highest BCUT2D eigenvalue weighted by Gasteiger charge is 2.14. The zero-order valence-corrected chi connectivity index (χ0v) is 14.2. The molecule has 3 aromatic rings. The summed E-state index contributed by atoms with van der Waals surface area (Å²) in [6, 6.07) is 13.1. The van der Waals surface area contributed by atoms with Crippen molar-refractivity contribution in [1.29, 1.82) is 0 Å². The molecular weight excluding hydrogens is 374 g/mol. The molecule has 0 saturated heterocycles. The molecule has 0 aliphatic heterocycles. The van der Waals surface area contributed by atoms with Crippen LogP contribution in [0.4, 0.5) is 5.69 Å². The second-order valence-electron chi connectivity index (χ2n) is 5.22. The van der Waals surface area contributed by atoms with Crippen LogP contribution in [0.5, 0.6) is 0 Å². The van der Waals surface area contributed by atoms with Crippen LogP contribution >= 0.6 is 15.9 Å². The van der Waals surface area contributed by atoms with Crippen LogP contribution in [0.1, 0.15) is 27.6 Å². The molecule has 1 heterocycles. The topological polar surface area (TPSA) is 76.4 Å². The summed E-state index contributed by atoms with van der Waals surface area (Å²) in [6.07, 6.45) is 0. The van der Waals surface area contributed by atoms with Crippen LogP contribution in [0.3, 0.4) is 0 Å². The van der Waals surface area contributed by atoms with E-state index in [1.54, 1.807) is 42.5 Å². The van der Waals surface area contributed by atoms with Gasteiger partial charge in [0.05, 0.1) is 0 Å². The third kappa shape index (κ3) is 3.28. The summed E-state index contributed by atoms with van der Waals surface area (Å²) >= 11 is 3.34. The van der Waals surface area contributed by atoms with E-state index in [-0.39, 0.29) is 11.3 Å². The Balaban J connectivity index is 1.91. The third-order valence-electron chi connectivity index (χ3n) is 3.49. The van der Waals surface area contributed by atoms with E-state index in [0.29, 0.717) is 22.2 Å². The average molecular weight is 386 g/mol. The second-order valence-corrected chi connectivity index (χ2v) is 6.13. The Bertz CT molecular complexity index is 1010. The van der Waals surface area contributed by atoms with Gasteiger partial charge in [0.2, 0.25) is 0 Å². The summed E-state index contributed by atoms with van der Waals surface area (Å²) in [5.74, 6) is -0.630. The van der Waals surface area contributed by atoms with Gasteiger partial charge in [-0.15, -0.1) is 0 Å². The van der Waals surface area contributed by atoms with Gasteiger partial charge < -0.3 is 9.73 Å². The number of nitrogens with one attached hydrogen (secondary N) is 1. The van der Waals surface area contributed by atoms with Crippen LogP contribution in [0.25, 0.3) is 11.0 Å². The number of fused-ring (bicyclic) bond motifs is 1. The van der Waals surface area contributed by atoms with Crippen LogP contribution in [0.2, 0.25) is 0 Å². The Morgan fingerprint density at radius 3 is 2.42 bits per heavy atom. The van der Waals surface area contributed by atoms with Crippen molar-refractivity contribution < 1.29 is 14.0 Å². The van der Waals surface area contributed by atoms with Crippen molar-refractivity contribution in [3.8, 4) is 0 Å². The van der Waals surface area contributed by atoms with Crippen LogP contribution in [-0.2, 0) is 0 Å². The minimum atomic E-state index is -0.706. The van der Waals surface area contributed by atoms with E-state index in [2.05, 4.69) is 21.2 Å². The van der Waals surface area contributed by atoms with Gasteiger partial charge in [-0.05, 0) is 55.5 Å². The van der Waals surface area contributed by atoms with Crippen molar-refractivity contribution >= 4 is 44.3 Å². The quantitative estimate of drug-likeness (QED) is 0.545. The Morgan fingerprint density at radius 1 is 1.04 bits per heavy atom. The van der Waals surface area contributed by atoms with Crippen LogP contribution in [0.15, 0.2) is 62.2 Å². The van der Waals surface area contributed by atoms with E-state index >= 15 is 0 Å². The van der Waals surface area contributed by atoms with Crippen molar-refractivity contribution in [2.75, 3.05) is 5.32 Å². The maximum absolute atomic E-state index is 12.3. The fourth-order valence-corrected chi connectivity index (χ4v) is 2.62. The summed E-state index contributed by atoms with van der Waals surface area (Å²) in [5.41, 5.74) is 0.645. The van der Waals surface area contributed by atoms with E-state index in [9.17, 15) is 14.4 Å². The fourth-order valence-electron chi connectivity index (χ4n) is 2.24. The monoisotopic (exact) mass is 385 g/mol. The largest absolute Gasteiger partial charge is 0.422 e. The van der Waals surface area contributed by atoms with Gasteiger partial charge in [-0.3, -0.25) is 9.59 Å². The first kappa shape index (κ1) is 16.1. The molecule has 0 spiro atoms. The van der Waals surface area contributed by atoms with Crippen LogP contribution < -0.4 is 10.9 Å². The third-order valence-corrected chi connectivity index (χ3v) is 3.98. The highest BCUT2D eigenvalue weighted by Crippen LogP contribution is 2.20. The van der Waals surface area contributed by atoms with Gasteiger partial charge in [-0.25, -0.2) is 4.79 Å². The minimum absolute atomic E-state index is 0.0615. The molecular formula is C18H12BrNO4. The lowest BCUT2D eigenvalue weighted by atomic mass is 10.1. The summed E-state index contributed by atoms with van der Waals surface area (Å²) in [7, 11) is 0. The number of hydrogen-bond donors (Lipinski definition) is 1. The molecule has 0 aliphatic carbocycles. The van der Waals surface area contributed by atoms with Gasteiger partial charge in [0.15, 0.2) is 5.78 Å². The summed E-state index contributed by atoms with van der Waals surface area (Å²) in [6.45, 7) is 1.46. The number of carbonyl (C=O) groups excluding carboxylic acids is 2. The number of benzene rings is 2. The molecule has 5 nitrogen and oxygen atoms in total. The summed E-state index contributed by atoms with van der Waals surface area (Å²) in [5, 5.41) is 3.26. The Kier molecular flexibility index (Phi) is 4.31. The zero-order chi connectivity index (χ0) is 17.3. The smallest absolute Gasteiger partial charge is 0.349 e. The molecule has 6 heteroatoms. The Morgan fingerprint density at radius 2 is 1.75 bits per heavy atom. The first-order chi connectivity index (χ1) is 11.4. The highest BCUT2D eigenvalue weighted by molar-refractivity contribution is 9.10. The molecule has 3 rings (SSSR count). The number of hydrogen-bond acceptors (Lipinski definition) is 4. The number of halogens is 1. The van der Waals surface area contributed by atoms with E-state index < -0.39 is 11.5 Å². The maximum atomic E-state index is 12.3. The molecule has 0 radical (unpaired) electrons. The molecule has 2 aromatic carbocycles. The van der Waals surface area contributed by atoms with Crippen molar-refractivity contribution in [1.82, 2.24) is 0 Å². The number of rotatable bonds is 3. The molecule has 0 aliphatic rings. The minimum Gasteiger partial charge on any atom is -0.422 e. The highest BCUT2D eigenvalue weighted by atomic mass is 79.9. The van der Waals surface area contributed by atoms with Gasteiger partial charge >= 0.3 is 5.63 Å². The SMILES string of the molecule is CC(=O)c1ccc(NC(=O)c2cc3cc(Br)ccc3oc2=O)cc1. The molecule has 0 atom stereocenters. The number of Topliss-reactive ketones (excluding diaryl/α,β-unsaturated/α-hetero) is 1. The van der Waals surface area contributed by atoms with Crippen LogP contribution in [-0.4, -0.2) is 11.7 Å². The first-order valence-electron chi connectivity index (χ1n) is 7.10. The van der Waals surface area contributed by atoms with Crippen molar-refractivity contribution in [3.05, 3.63) is 74.6 Å². The van der Waals surface area contributed by atoms with E-state index in [1.807, 2.05) is 0 Å². The maximum Gasteiger partial charge on any atom is 0.349 e. The molecule has 120 valence electrons. The van der Waals surface area contributed by atoms with Gasteiger partial charge in [0.1, 0.15) is 11.1 Å². The number of ketones is 1. The van der Waals surface area contributed by atoms with Crippen molar-refractivity contribution in [2.24, 2.45) is 0 Å². The average Bonchev–Trinajstić information content (AvgIpc) is 2.55. The van der Waals surface area contributed by atoms with E-state index in [1.165, 1.54) is 13.0 Å². The normalized spacial score (nSPS) is 10.6. The molecule has 0 bridgehead atoms. The molecule has 1 N–H and O–H groups in total. The van der Waals surface area contributed by atoms with E-state index in [4.69, 9.17) is 4.42 Å². The molecule has 0 unspecified atom stereocenters. The summed E-state index contributed by atoms with van der Waals surface area (Å²) in [4.78, 5) is 35.6. The Labute approximate surface area is 145 Å². The lowest BCUT2D eigenvalue weighted by Crippen LogP contribution is -2.20. The van der Waals surface area contributed by atoms with Crippen LogP contribution in [0, 0.1) is 0 Å². The van der Waals surface area contributed by atoms with Gasteiger partial charge in [0, 0.05) is 21.1 Å². The predicted molar refractivity (Wildman–Crippen MR) is 94.6 cm³/mol. The zero-order valence-electron chi connectivity index (χ0n) is 12.6. The lowest BCUT2D eigenvalue weighted by molar-refractivity contribution is 0.101. The molecule has 0 fully saturated rings.